The summed E-state index contributed by atoms with van der Waals surface area (Å²) in [6.07, 6.45) is 3.20. The van der Waals surface area contributed by atoms with Gasteiger partial charge in [-0.3, -0.25) is 4.79 Å². The van der Waals surface area contributed by atoms with Gasteiger partial charge in [0, 0.05) is 24.7 Å². The Bertz CT molecular complexity index is 611. The van der Waals surface area contributed by atoms with Crippen molar-refractivity contribution in [3.8, 4) is 0 Å². The van der Waals surface area contributed by atoms with Crippen molar-refractivity contribution in [3.05, 3.63) is 34.9 Å². The van der Waals surface area contributed by atoms with Crippen LogP contribution in [0.4, 0.5) is 0 Å². The summed E-state index contributed by atoms with van der Waals surface area (Å²) >= 11 is 5.95. The van der Waals surface area contributed by atoms with Crippen LogP contribution in [0.3, 0.4) is 0 Å². The van der Waals surface area contributed by atoms with Crippen molar-refractivity contribution >= 4 is 17.5 Å². The molecule has 5 heteroatoms. The van der Waals surface area contributed by atoms with Crippen LogP contribution in [0.5, 0.6) is 0 Å². The maximum Gasteiger partial charge on any atom is 0.229 e. The van der Waals surface area contributed by atoms with Crippen LogP contribution in [0.15, 0.2) is 24.3 Å². The number of benzene rings is 1. The van der Waals surface area contributed by atoms with Gasteiger partial charge in [-0.05, 0) is 63.4 Å². The summed E-state index contributed by atoms with van der Waals surface area (Å²) in [5, 5.41) is 11.7. The van der Waals surface area contributed by atoms with Crippen molar-refractivity contribution in [1.82, 2.24) is 9.80 Å². The molecule has 2 fully saturated rings. The van der Waals surface area contributed by atoms with Crippen molar-refractivity contribution in [2.45, 2.75) is 45.1 Å². The Morgan fingerprint density at radius 2 is 1.80 bits per heavy atom. The molecule has 0 bridgehead atoms. The molecule has 4 nitrogen and oxygen atoms in total. The van der Waals surface area contributed by atoms with Gasteiger partial charge in [0.15, 0.2) is 0 Å². The highest BCUT2D eigenvalue weighted by Crippen LogP contribution is 2.37. The molecule has 2 aliphatic rings. The van der Waals surface area contributed by atoms with E-state index in [1.165, 1.54) is 0 Å². The van der Waals surface area contributed by atoms with Gasteiger partial charge >= 0.3 is 0 Å². The van der Waals surface area contributed by atoms with Gasteiger partial charge in [-0.2, -0.15) is 0 Å². The maximum absolute atomic E-state index is 13.1. The van der Waals surface area contributed by atoms with Crippen molar-refractivity contribution in [1.29, 1.82) is 0 Å². The lowest BCUT2D eigenvalue weighted by Crippen LogP contribution is -2.54. The Kier molecular flexibility index (Phi) is 5.42. The van der Waals surface area contributed by atoms with Crippen molar-refractivity contribution in [2.24, 2.45) is 5.41 Å². The Morgan fingerprint density at radius 1 is 1.16 bits per heavy atom. The van der Waals surface area contributed by atoms with E-state index < -0.39 is 5.60 Å². The number of rotatable bonds is 3. The number of amides is 1. The van der Waals surface area contributed by atoms with Gasteiger partial charge in [0.25, 0.3) is 0 Å². The van der Waals surface area contributed by atoms with E-state index in [9.17, 15) is 9.90 Å². The standard InChI is InChI=1S/C20H29ClN2O2/c1-3-22-12-4-9-19(2,15-22)18(24)23-13-10-20(25,11-14-23)16-5-7-17(21)8-6-16/h5-8,25H,3-4,9-15H2,1-2H3. The molecule has 2 saturated heterocycles. The third-order valence-corrected chi connectivity index (χ3v) is 6.25. The molecule has 0 aliphatic carbocycles. The molecule has 2 heterocycles. The molecule has 138 valence electrons. The first-order valence-corrected chi connectivity index (χ1v) is 9.74. The van der Waals surface area contributed by atoms with Gasteiger partial charge in [0.2, 0.25) is 5.91 Å². The molecule has 1 amide bonds. The van der Waals surface area contributed by atoms with Crippen LogP contribution >= 0.6 is 11.6 Å². The molecule has 1 aromatic rings. The Morgan fingerprint density at radius 3 is 2.40 bits per heavy atom. The molecular formula is C20H29ClN2O2. The number of hydrogen-bond donors (Lipinski definition) is 1. The SMILES string of the molecule is CCN1CCCC(C)(C(=O)N2CCC(O)(c3ccc(Cl)cc3)CC2)C1. The lowest BCUT2D eigenvalue weighted by atomic mass is 9.78. The average molecular weight is 365 g/mol. The second-order valence-corrected chi connectivity index (χ2v) is 8.30. The van der Waals surface area contributed by atoms with Crippen molar-refractivity contribution in [3.63, 3.8) is 0 Å². The van der Waals surface area contributed by atoms with Crippen LogP contribution in [0.25, 0.3) is 0 Å². The lowest BCUT2D eigenvalue weighted by molar-refractivity contribution is -0.149. The molecule has 2 aliphatic heterocycles. The van der Waals surface area contributed by atoms with Crippen molar-refractivity contribution in [2.75, 3.05) is 32.7 Å². The number of piperidine rings is 2. The number of halogens is 1. The van der Waals surface area contributed by atoms with Crippen LogP contribution in [-0.4, -0.2) is 53.5 Å². The van der Waals surface area contributed by atoms with Gasteiger partial charge in [0.1, 0.15) is 0 Å². The Hall–Kier alpha value is -1.10. The zero-order valence-electron chi connectivity index (χ0n) is 15.3. The van der Waals surface area contributed by atoms with Crippen LogP contribution < -0.4 is 0 Å². The Balaban J connectivity index is 1.65. The van der Waals surface area contributed by atoms with Gasteiger partial charge in [-0.1, -0.05) is 30.7 Å². The highest BCUT2D eigenvalue weighted by molar-refractivity contribution is 6.30. The normalized spacial score (nSPS) is 27.3. The zero-order chi connectivity index (χ0) is 18.1. The minimum absolute atomic E-state index is 0.254. The minimum atomic E-state index is -0.857. The molecule has 0 saturated carbocycles. The van der Waals surface area contributed by atoms with Gasteiger partial charge in [0.05, 0.1) is 11.0 Å². The number of carbonyl (C=O) groups excluding carboxylic acids is 1. The van der Waals surface area contributed by atoms with E-state index in [-0.39, 0.29) is 11.3 Å². The average Bonchev–Trinajstić information content (AvgIpc) is 2.62. The number of nitrogens with zero attached hydrogens (tertiary/aromatic N) is 2. The van der Waals surface area contributed by atoms with Crippen molar-refractivity contribution < 1.29 is 9.90 Å². The fourth-order valence-electron chi connectivity index (χ4n) is 4.30. The number of likely N-dealkylation sites (tertiary alicyclic amines) is 2. The molecule has 25 heavy (non-hydrogen) atoms. The summed E-state index contributed by atoms with van der Waals surface area (Å²) in [5.74, 6) is 0.254. The summed E-state index contributed by atoms with van der Waals surface area (Å²) < 4.78 is 0. The number of carbonyl (C=O) groups is 1. The molecule has 0 aromatic heterocycles. The van der Waals surface area contributed by atoms with E-state index in [4.69, 9.17) is 11.6 Å². The molecule has 1 N–H and O–H groups in total. The number of hydrogen-bond acceptors (Lipinski definition) is 3. The first kappa shape index (κ1) is 18.7. The fraction of sp³-hybridized carbons (Fsp3) is 0.650. The predicted octanol–water partition coefficient (Wildman–Crippen LogP) is 3.27. The zero-order valence-corrected chi connectivity index (χ0v) is 16.1. The van der Waals surface area contributed by atoms with E-state index in [2.05, 4.69) is 18.7 Å². The van der Waals surface area contributed by atoms with Gasteiger partial charge in [-0.15, -0.1) is 0 Å². The second-order valence-electron chi connectivity index (χ2n) is 7.86. The fourth-order valence-corrected chi connectivity index (χ4v) is 4.43. The molecule has 0 spiro atoms. The van der Waals surface area contributed by atoms with E-state index in [0.717, 1.165) is 38.0 Å². The molecule has 0 radical (unpaired) electrons. The van der Waals surface area contributed by atoms with Gasteiger partial charge in [-0.25, -0.2) is 0 Å². The first-order valence-electron chi connectivity index (χ1n) is 9.36. The topological polar surface area (TPSA) is 43.8 Å². The highest BCUT2D eigenvalue weighted by Gasteiger charge is 2.43. The van der Waals surface area contributed by atoms with Crippen LogP contribution in [0, 0.1) is 5.41 Å². The first-order chi connectivity index (χ1) is 11.9. The van der Waals surface area contributed by atoms with Crippen LogP contribution in [-0.2, 0) is 10.4 Å². The molecular weight excluding hydrogens is 336 g/mol. The predicted molar refractivity (Wildman–Crippen MR) is 101 cm³/mol. The van der Waals surface area contributed by atoms with E-state index >= 15 is 0 Å². The van der Waals surface area contributed by atoms with Gasteiger partial charge < -0.3 is 14.9 Å². The van der Waals surface area contributed by atoms with E-state index in [1.807, 2.05) is 29.2 Å². The van der Waals surface area contributed by atoms with E-state index in [0.29, 0.717) is 31.0 Å². The summed E-state index contributed by atoms with van der Waals surface area (Å²) in [5.41, 5.74) is -0.251. The lowest BCUT2D eigenvalue weighted by Gasteiger charge is -2.45. The molecule has 1 unspecified atom stereocenters. The third kappa shape index (κ3) is 3.86. The quantitative estimate of drug-likeness (QED) is 0.895. The largest absolute Gasteiger partial charge is 0.385 e. The summed E-state index contributed by atoms with van der Waals surface area (Å²) in [7, 11) is 0. The maximum atomic E-state index is 13.1. The summed E-state index contributed by atoms with van der Waals surface area (Å²) in [6.45, 7) is 8.43. The molecule has 1 aromatic carbocycles. The minimum Gasteiger partial charge on any atom is -0.385 e. The monoisotopic (exact) mass is 364 g/mol. The van der Waals surface area contributed by atoms with E-state index in [1.54, 1.807) is 0 Å². The van der Waals surface area contributed by atoms with Crippen LogP contribution in [0.1, 0.15) is 45.1 Å². The van der Waals surface area contributed by atoms with Crippen LogP contribution in [0.2, 0.25) is 5.02 Å². The Labute approximate surface area is 155 Å². The second kappa shape index (κ2) is 7.26. The molecule has 1 atom stereocenters. The summed E-state index contributed by atoms with van der Waals surface area (Å²) in [6, 6.07) is 7.41. The smallest absolute Gasteiger partial charge is 0.229 e. The number of aliphatic hydroxyl groups is 1. The highest BCUT2D eigenvalue weighted by atomic mass is 35.5. The summed E-state index contributed by atoms with van der Waals surface area (Å²) in [4.78, 5) is 17.5. The molecule has 3 rings (SSSR count). The third-order valence-electron chi connectivity index (χ3n) is 6.00.